The summed E-state index contributed by atoms with van der Waals surface area (Å²) in [4.78, 5) is 23.9. The molecule has 2 aromatic carbocycles. The van der Waals surface area contributed by atoms with E-state index in [0.717, 1.165) is 4.47 Å². The second-order valence-corrected chi connectivity index (χ2v) is 7.12. The Morgan fingerprint density at radius 3 is 2.42 bits per heavy atom. The number of hydrazine groups is 1. The Balaban J connectivity index is 1.84. The first kappa shape index (κ1) is 20.5. The molecule has 138 valence electrons. The summed E-state index contributed by atoms with van der Waals surface area (Å²) in [6, 6.07) is 9.89. The van der Waals surface area contributed by atoms with Gasteiger partial charge in [0.1, 0.15) is 11.5 Å². The third-order valence-electron chi connectivity index (χ3n) is 3.06. The number of amides is 2. The van der Waals surface area contributed by atoms with Gasteiger partial charge in [0.05, 0.1) is 16.1 Å². The highest BCUT2D eigenvalue weighted by atomic mass is 79.9. The molecule has 2 rings (SSSR count). The molecule has 0 radical (unpaired) electrons. The van der Waals surface area contributed by atoms with Gasteiger partial charge in [-0.15, -0.1) is 0 Å². The van der Waals surface area contributed by atoms with Gasteiger partial charge in [-0.05, 0) is 59.3 Å². The number of benzene rings is 2. The molecule has 2 N–H and O–H groups in total. The van der Waals surface area contributed by atoms with Crippen LogP contribution in [-0.4, -0.2) is 25.0 Å². The van der Waals surface area contributed by atoms with Gasteiger partial charge in [-0.1, -0.05) is 27.5 Å². The van der Waals surface area contributed by atoms with Crippen LogP contribution in [0.2, 0.25) is 5.02 Å². The molecule has 0 saturated carbocycles. The van der Waals surface area contributed by atoms with Crippen LogP contribution in [0.1, 0.15) is 17.3 Å². The van der Waals surface area contributed by atoms with Gasteiger partial charge in [-0.2, -0.15) is 0 Å². The second-order valence-electron chi connectivity index (χ2n) is 4.94. The minimum absolute atomic E-state index is 0.297. The first-order valence-electron chi connectivity index (χ1n) is 7.50. The Kier molecular flexibility index (Phi) is 7.74. The minimum Gasteiger partial charge on any atom is -0.493 e. The average Bonchev–Trinajstić information content (AvgIpc) is 2.60. The van der Waals surface area contributed by atoms with Crippen LogP contribution in [0.25, 0.3) is 0 Å². The highest BCUT2D eigenvalue weighted by molar-refractivity contribution is 9.10. The molecule has 0 bridgehead atoms. The monoisotopic (exact) mass is 504 g/mol. The largest absolute Gasteiger partial charge is 0.493 e. The number of rotatable bonds is 6. The normalized spacial score (nSPS) is 10.2. The fourth-order valence-corrected chi connectivity index (χ4v) is 3.11. The lowest BCUT2D eigenvalue weighted by Crippen LogP contribution is -2.43. The first-order chi connectivity index (χ1) is 12.4. The van der Waals surface area contributed by atoms with Crippen LogP contribution in [0, 0.1) is 0 Å². The van der Waals surface area contributed by atoms with Crippen LogP contribution in [0.4, 0.5) is 0 Å². The van der Waals surface area contributed by atoms with E-state index in [1.54, 1.807) is 36.4 Å². The highest BCUT2D eigenvalue weighted by Crippen LogP contribution is 2.27. The highest BCUT2D eigenvalue weighted by Gasteiger charge is 2.11. The SMILES string of the molecule is CCOc1ccc(C(=O)NNC(=O)COc2ccc(Br)cc2Cl)cc1Br. The van der Waals surface area contributed by atoms with Crippen molar-refractivity contribution in [1.29, 1.82) is 0 Å². The lowest BCUT2D eigenvalue weighted by atomic mass is 10.2. The average molecular weight is 507 g/mol. The van der Waals surface area contributed by atoms with Crippen molar-refractivity contribution in [2.45, 2.75) is 6.92 Å². The number of hydrogen-bond donors (Lipinski definition) is 2. The van der Waals surface area contributed by atoms with Crippen molar-refractivity contribution < 1.29 is 19.1 Å². The zero-order valence-electron chi connectivity index (χ0n) is 13.6. The molecule has 26 heavy (non-hydrogen) atoms. The molecule has 2 aromatic rings. The molecule has 0 aromatic heterocycles. The summed E-state index contributed by atoms with van der Waals surface area (Å²) < 4.78 is 12.1. The van der Waals surface area contributed by atoms with Crippen molar-refractivity contribution in [2.24, 2.45) is 0 Å². The van der Waals surface area contributed by atoms with Crippen LogP contribution in [-0.2, 0) is 4.79 Å². The number of hydrogen-bond acceptors (Lipinski definition) is 4. The van der Waals surface area contributed by atoms with Gasteiger partial charge in [-0.25, -0.2) is 0 Å². The van der Waals surface area contributed by atoms with Gasteiger partial charge in [0.2, 0.25) is 0 Å². The molecule has 0 aliphatic heterocycles. The van der Waals surface area contributed by atoms with Gasteiger partial charge >= 0.3 is 0 Å². The van der Waals surface area contributed by atoms with Crippen LogP contribution >= 0.6 is 43.5 Å². The maximum atomic E-state index is 12.1. The summed E-state index contributed by atoms with van der Waals surface area (Å²) in [5, 5.41) is 0.371. The van der Waals surface area contributed by atoms with E-state index in [1.165, 1.54) is 0 Å². The summed E-state index contributed by atoms with van der Waals surface area (Å²) in [6.45, 7) is 2.09. The van der Waals surface area contributed by atoms with E-state index in [4.69, 9.17) is 21.1 Å². The summed E-state index contributed by atoms with van der Waals surface area (Å²) in [6.07, 6.45) is 0. The van der Waals surface area contributed by atoms with Crippen molar-refractivity contribution in [3.8, 4) is 11.5 Å². The third-order valence-corrected chi connectivity index (χ3v) is 4.47. The van der Waals surface area contributed by atoms with E-state index in [0.29, 0.717) is 33.2 Å². The van der Waals surface area contributed by atoms with Gasteiger partial charge in [-0.3, -0.25) is 20.4 Å². The van der Waals surface area contributed by atoms with E-state index in [9.17, 15) is 9.59 Å². The molecule has 9 heteroatoms. The van der Waals surface area contributed by atoms with Crippen molar-refractivity contribution in [3.63, 3.8) is 0 Å². The molecule has 6 nitrogen and oxygen atoms in total. The van der Waals surface area contributed by atoms with Crippen molar-refractivity contribution >= 4 is 55.3 Å². The maximum absolute atomic E-state index is 12.1. The predicted octanol–water partition coefficient (Wildman–Crippen LogP) is 4.10. The first-order valence-corrected chi connectivity index (χ1v) is 9.46. The Labute approximate surface area is 172 Å². The second kappa shape index (κ2) is 9.80. The number of carbonyl (C=O) groups excluding carboxylic acids is 2. The molecule has 2 amide bonds. The molecule has 0 aliphatic rings. The number of ether oxygens (including phenoxy) is 2. The molecule has 0 unspecified atom stereocenters. The van der Waals surface area contributed by atoms with Crippen LogP contribution in [0.3, 0.4) is 0 Å². The smallest absolute Gasteiger partial charge is 0.276 e. The van der Waals surface area contributed by atoms with E-state index >= 15 is 0 Å². The summed E-state index contributed by atoms with van der Waals surface area (Å²) in [7, 11) is 0. The van der Waals surface area contributed by atoms with E-state index in [2.05, 4.69) is 42.7 Å². The van der Waals surface area contributed by atoms with Crippen molar-refractivity contribution in [2.75, 3.05) is 13.2 Å². The van der Waals surface area contributed by atoms with E-state index in [1.807, 2.05) is 6.92 Å². The Hall–Kier alpha value is -1.77. The molecule has 0 atom stereocenters. The molecule has 0 heterocycles. The number of halogens is 3. The number of nitrogens with one attached hydrogen (secondary N) is 2. The maximum Gasteiger partial charge on any atom is 0.276 e. The van der Waals surface area contributed by atoms with Crippen LogP contribution < -0.4 is 20.3 Å². The Morgan fingerprint density at radius 2 is 1.77 bits per heavy atom. The van der Waals surface area contributed by atoms with Gasteiger partial charge in [0.25, 0.3) is 11.8 Å². The fraction of sp³-hybridized carbons (Fsp3) is 0.176. The summed E-state index contributed by atoms with van der Waals surface area (Å²) in [5.41, 5.74) is 4.95. The Bertz CT molecular complexity index is 817. The predicted molar refractivity (Wildman–Crippen MR) is 106 cm³/mol. The summed E-state index contributed by atoms with van der Waals surface area (Å²) >= 11 is 12.6. The molecular formula is C17H15Br2ClN2O4. The zero-order chi connectivity index (χ0) is 19.1. The van der Waals surface area contributed by atoms with Crippen molar-refractivity contribution in [1.82, 2.24) is 10.9 Å². The quantitative estimate of drug-likeness (QED) is 0.579. The van der Waals surface area contributed by atoms with Gasteiger partial charge in [0.15, 0.2) is 6.61 Å². The lowest BCUT2D eigenvalue weighted by molar-refractivity contribution is -0.123. The molecule has 0 aliphatic carbocycles. The van der Waals surface area contributed by atoms with Gasteiger partial charge < -0.3 is 9.47 Å². The molecular weight excluding hydrogens is 491 g/mol. The molecule has 0 fully saturated rings. The number of carbonyl (C=O) groups is 2. The summed E-state index contributed by atoms with van der Waals surface area (Å²) in [5.74, 6) is 0.00533. The Morgan fingerprint density at radius 1 is 1.04 bits per heavy atom. The van der Waals surface area contributed by atoms with Crippen molar-refractivity contribution in [3.05, 3.63) is 55.9 Å². The molecule has 0 saturated heterocycles. The lowest BCUT2D eigenvalue weighted by Gasteiger charge is -2.11. The third kappa shape index (κ3) is 5.89. The topological polar surface area (TPSA) is 76.7 Å². The standard InChI is InChI=1S/C17H15Br2ClN2O4/c1-2-25-14-5-3-10(7-12(14)19)17(24)22-21-16(23)9-26-15-6-4-11(18)8-13(15)20/h3-8H,2,9H2,1H3,(H,21,23)(H,22,24). The van der Waals surface area contributed by atoms with Crippen LogP contribution in [0.5, 0.6) is 11.5 Å². The minimum atomic E-state index is -0.526. The van der Waals surface area contributed by atoms with E-state index < -0.39 is 11.8 Å². The van der Waals surface area contributed by atoms with Gasteiger partial charge in [0, 0.05) is 10.0 Å². The van der Waals surface area contributed by atoms with Crippen LogP contribution in [0.15, 0.2) is 45.3 Å². The molecule has 0 spiro atoms. The van der Waals surface area contributed by atoms with E-state index in [-0.39, 0.29) is 6.61 Å². The fourth-order valence-electron chi connectivity index (χ4n) is 1.88. The zero-order valence-corrected chi connectivity index (χ0v) is 17.6.